The maximum absolute atomic E-state index is 12.4. The molecule has 7 nitrogen and oxygen atoms in total. The zero-order valence-corrected chi connectivity index (χ0v) is 17.0. The molecule has 2 saturated heterocycles. The molecule has 0 spiro atoms. The van der Waals surface area contributed by atoms with Gasteiger partial charge < -0.3 is 18.9 Å². The third kappa shape index (κ3) is 5.42. The summed E-state index contributed by atoms with van der Waals surface area (Å²) in [6.45, 7) is 12.4. The molecule has 1 aromatic rings. The highest BCUT2D eigenvalue weighted by Crippen LogP contribution is 2.26. The summed E-state index contributed by atoms with van der Waals surface area (Å²) in [4.78, 5) is 23.2. The van der Waals surface area contributed by atoms with Crippen LogP contribution in [0, 0.1) is 5.41 Å². The molecule has 0 N–H and O–H groups in total. The first kappa shape index (κ1) is 20.1. The number of amides is 1. The van der Waals surface area contributed by atoms with Crippen LogP contribution in [0.15, 0.2) is 12.4 Å². The minimum atomic E-state index is -0.493. The molecule has 0 aliphatic carbocycles. The summed E-state index contributed by atoms with van der Waals surface area (Å²) < 4.78 is 17.2. The van der Waals surface area contributed by atoms with Gasteiger partial charge in [-0.2, -0.15) is 0 Å². The second-order valence-electron chi connectivity index (χ2n) is 9.25. The van der Waals surface area contributed by atoms with Gasteiger partial charge in [-0.3, -0.25) is 9.97 Å². The van der Waals surface area contributed by atoms with Crippen molar-refractivity contribution in [2.45, 2.75) is 59.0 Å². The second kappa shape index (κ2) is 7.76. The van der Waals surface area contributed by atoms with Crippen LogP contribution < -0.4 is 5.59 Å². The average Bonchev–Trinajstić information content (AvgIpc) is 2.60. The van der Waals surface area contributed by atoms with Crippen LogP contribution in [0.2, 0.25) is 0 Å². The zero-order chi connectivity index (χ0) is 19.7. The summed E-state index contributed by atoms with van der Waals surface area (Å²) in [7, 11) is -0.476. The molecule has 8 heteroatoms. The minimum Gasteiger partial charge on any atom is -0.444 e. The standard InChI is InChI=1S/C19H30BN3O4/c1-18(2,3)27-17(24)23-8-6-7-14(11-23)15-9-21-10-16(22-15)20-25-12-19(4,5)13-26-20/h9-10,14H,6-8,11-13H2,1-5H3. The van der Waals surface area contributed by atoms with Crippen molar-refractivity contribution >= 4 is 18.8 Å². The summed E-state index contributed by atoms with van der Waals surface area (Å²) in [6.07, 6.45) is 5.09. The predicted octanol–water partition coefficient (Wildman–Crippen LogP) is 2.36. The summed E-state index contributed by atoms with van der Waals surface area (Å²) in [6, 6.07) is 0. The van der Waals surface area contributed by atoms with E-state index in [9.17, 15) is 4.79 Å². The summed E-state index contributed by atoms with van der Waals surface area (Å²) >= 11 is 0. The predicted molar refractivity (Wildman–Crippen MR) is 103 cm³/mol. The molecular formula is C19H30BN3O4. The topological polar surface area (TPSA) is 73.8 Å². The molecule has 1 amide bonds. The van der Waals surface area contributed by atoms with Crippen molar-refractivity contribution in [3.05, 3.63) is 18.1 Å². The van der Waals surface area contributed by atoms with Crippen LogP contribution in [-0.2, 0) is 14.0 Å². The van der Waals surface area contributed by atoms with Crippen molar-refractivity contribution in [1.29, 1.82) is 0 Å². The molecule has 1 atom stereocenters. The van der Waals surface area contributed by atoms with Crippen molar-refractivity contribution in [3.8, 4) is 0 Å². The largest absolute Gasteiger partial charge is 0.515 e. The third-order valence-corrected chi connectivity index (χ3v) is 4.66. The Morgan fingerprint density at radius 2 is 2.00 bits per heavy atom. The fourth-order valence-corrected chi connectivity index (χ4v) is 3.28. The van der Waals surface area contributed by atoms with Gasteiger partial charge in [0.05, 0.1) is 11.3 Å². The Kier molecular flexibility index (Phi) is 5.77. The molecule has 2 aliphatic rings. The van der Waals surface area contributed by atoms with Crippen molar-refractivity contribution < 1.29 is 18.8 Å². The van der Waals surface area contributed by atoms with Crippen molar-refractivity contribution in [1.82, 2.24) is 14.9 Å². The number of likely N-dealkylation sites (tertiary alicyclic amines) is 1. The fraction of sp³-hybridized carbons (Fsp3) is 0.737. The van der Waals surface area contributed by atoms with E-state index in [-0.39, 0.29) is 17.4 Å². The van der Waals surface area contributed by atoms with Gasteiger partial charge in [-0.25, -0.2) is 4.79 Å². The molecule has 1 unspecified atom stereocenters. The first-order valence-electron chi connectivity index (χ1n) is 9.66. The number of ether oxygens (including phenoxy) is 1. The molecule has 2 fully saturated rings. The van der Waals surface area contributed by atoms with E-state index in [1.165, 1.54) is 0 Å². The van der Waals surface area contributed by atoms with E-state index in [4.69, 9.17) is 19.0 Å². The maximum atomic E-state index is 12.4. The number of nitrogens with zero attached hydrogens (tertiary/aromatic N) is 3. The van der Waals surface area contributed by atoms with Gasteiger partial charge in [0.25, 0.3) is 0 Å². The molecule has 0 saturated carbocycles. The van der Waals surface area contributed by atoms with Crippen LogP contribution in [0.5, 0.6) is 0 Å². The summed E-state index contributed by atoms with van der Waals surface area (Å²) in [5.41, 5.74) is 1.08. The number of piperidine rings is 1. The van der Waals surface area contributed by atoms with Gasteiger partial charge in [-0.05, 0) is 33.6 Å². The number of carbonyl (C=O) groups excluding carboxylic acids is 1. The highest BCUT2D eigenvalue weighted by Gasteiger charge is 2.35. The van der Waals surface area contributed by atoms with Crippen LogP contribution in [0.1, 0.15) is 59.1 Å². The number of carbonyl (C=O) groups is 1. The van der Waals surface area contributed by atoms with Crippen LogP contribution in [-0.4, -0.2) is 60.0 Å². The molecule has 0 aromatic carbocycles. The van der Waals surface area contributed by atoms with E-state index >= 15 is 0 Å². The van der Waals surface area contributed by atoms with E-state index in [1.54, 1.807) is 17.3 Å². The fourth-order valence-electron chi connectivity index (χ4n) is 3.28. The molecule has 3 heterocycles. The van der Waals surface area contributed by atoms with Gasteiger partial charge in [0.15, 0.2) is 0 Å². The Labute approximate surface area is 161 Å². The lowest BCUT2D eigenvalue weighted by Crippen LogP contribution is -2.49. The van der Waals surface area contributed by atoms with Crippen molar-refractivity contribution in [2.75, 3.05) is 26.3 Å². The van der Waals surface area contributed by atoms with Crippen LogP contribution >= 0.6 is 0 Å². The number of hydrogen-bond acceptors (Lipinski definition) is 6. The van der Waals surface area contributed by atoms with Crippen LogP contribution in [0.4, 0.5) is 4.79 Å². The Bertz CT molecular complexity index is 667. The molecule has 0 radical (unpaired) electrons. The SMILES string of the molecule is CC1(C)COB(c2cncc(C3CCCN(C(=O)OC(C)(C)C)C3)n2)OC1. The molecule has 2 aliphatic heterocycles. The van der Waals surface area contributed by atoms with Gasteiger partial charge in [0.1, 0.15) is 5.60 Å². The Balaban J connectivity index is 1.67. The van der Waals surface area contributed by atoms with E-state index in [1.807, 2.05) is 20.8 Å². The van der Waals surface area contributed by atoms with Crippen molar-refractivity contribution in [2.24, 2.45) is 5.41 Å². The van der Waals surface area contributed by atoms with E-state index in [2.05, 4.69) is 18.8 Å². The van der Waals surface area contributed by atoms with Gasteiger partial charge in [0, 0.05) is 50.0 Å². The lowest BCUT2D eigenvalue weighted by molar-refractivity contribution is 0.0196. The first-order chi connectivity index (χ1) is 12.6. The quantitative estimate of drug-likeness (QED) is 0.739. The third-order valence-electron chi connectivity index (χ3n) is 4.66. The van der Waals surface area contributed by atoms with Crippen molar-refractivity contribution in [3.63, 3.8) is 0 Å². The molecule has 1 aromatic heterocycles. The van der Waals surface area contributed by atoms with Crippen LogP contribution in [0.25, 0.3) is 0 Å². The molecule has 3 rings (SSSR count). The normalized spacial score (nSPS) is 23.2. The van der Waals surface area contributed by atoms with E-state index in [0.29, 0.717) is 31.9 Å². The maximum Gasteiger partial charge on any atom is 0.515 e. The Morgan fingerprint density at radius 1 is 1.30 bits per heavy atom. The van der Waals surface area contributed by atoms with Gasteiger partial charge in [-0.1, -0.05) is 13.8 Å². The highest BCUT2D eigenvalue weighted by molar-refractivity contribution is 6.60. The van der Waals surface area contributed by atoms with Gasteiger partial charge in [0.2, 0.25) is 0 Å². The Hall–Kier alpha value is -1.67. The molecule has 0 bridgehead atoms. The molecule has 27 heavy (non-hydrogen) atoms. The zero-order valence-electron chi connectivity index (χ0n) is 17.0. The lowest BCUT2D eigenvalue weighted by Gasteiger charge is -2.34. The molecule has 148 valence electrons. The number of rotatable bonds is 2. The monoisotopic (exact) mass is 375 g/mol. The van der Waals surface area contributed by atoms with Gasteiger partial charge in [-0.15, -0.1) is 0 Å². The smallest absolute Gasteiger partial charge is 0.444 e. The Morgan fingerprint density at radius 3 is 2.67 bits per heavy atom. The second-order valence-corrected chi connectivity index (χ2v) is 9.25. The van der Waals surface area contributed by atoms with Crippen LogP contribution in [0.3, 0.4) is 0 Å². The first-order valence-corrected chi connectivity index (χ1v) is 9.66. The summed E-state index contributed by atoms with van der Waals surface area (Å²) in [5.74, 6) is 0.138. The molecular weight excluding hydrogens is 345 g/mol. The lowest BCUT2D eigenvalue weighted by atomic mass is 9.80. The average molecular weight is 375 g/mol. The number of aromatic nitrogens is 2. The summed E-state index contributed by atoms with van der Waals surface area (Å²) in [5, 5.41) is 0. The van der Waals surface area contributed by atoms with Gasteiger partial charge >= 0.3 is 13.2 Å². The number of hydrogen-bond donors (Lipinski definition) is 0. The van der Waals surface area contributed by atoms with E-state index in [0.717, 1.165) is 18.5 Å². The van der Waals surface area contributed by atoms with E-state index < -0.39 is 12.7 Å². The minimum absolute atomic E-state index is 0.0127. The highest BCUT2D eigenvalue weighted by atomic mass is 16.6.